The van der Waals surface area contributed by atoms with E-state index >= 15 is 0 Å². The van der Waals surface area contributed by atoms with Crippen LogP contribution in [0.4, 0.5) is 0 Å². The maximum absolute atomic E-state index is 11.4. The largest absolute Gasteiger partial charge is 0.469 e. The van der Waals surface area contributed by atoms with Gasteiger partial charge in [0.15, 0.2) is 0 Å². The molecule has 1 rings (SSSR count). The Kier molecular flexibility index (Phi) is 4.14. The number of carbonyl (C=O) groups is 1. The fraction of sp³-hybridized carbons (Fsp3) is 0.917. The van der Waals surface area contributed by atoms with E-state index in [1.807, 2.05) is 0 Å². The summed E-state index contributed by atoms with van der Waals surface area (Å²) in [5.74, 6) is 0.652. The van der Waals surface area contributed by atoms with Gasteiger partial charge in [-0.25, -0.2) is 0 Å². The average molecular weight is 213 g/mol. The van der Waals surface area contributed by atoms with Gasteiger partial charge in [0.2, 0.25) is 0 Å². The van der Waals surface area contributed by atoms with Crippen molar-refractivity contribution in [2.45, 2.75) is 52.0 Å². The lowest BCUT2D eigenvalue weighted by Gasteiger charge is -2.34. The van der Waals surface area contributed by atoms with Crippen LogP contribution in [0.3, 0.4) is 0 Å². The highest BCUT2D eigenvalue weighted by atomic mass is 16.5. The van der Waals surface area contributed by atoms with Crippen LogP contribution in [0.15, 0.2) is 0 Å². The van der Waals surface area contributed by atoms with Crippen LogP contribution in [0.5, 0.6) is 0 Å². The summed E-state index contributed by atoms with van der Waals surface area (Å²) in [5, 5.41) is 0. The minimum Gasteiger partial charge on any atom is -0.469 e. The number of nitrogens with two attached hydrogens (primary N) is 1. The van der Waals surface area contributed by atoms with Crippen LogP contribution in [-0.2, 0) is 9.53 Å². The van der Waals surface area contributed by atoms with E-state index in [0.717, 1.165) is 18.8 Å². The monoisotopic (exact) mass is 213 g/mol. The van der Waals surface area contributed by atoms with E-state index in [4.69, 9.17) is 10.5 Å². The highest BCUT2D eigenvalue weighted by Crippen LogP contribution is 2.44. The van der Waals surface area contributed by atoms with E-state index in [1.165, 1.54) is 20.0 Å². The van der Waals surface area contributed by atoms with Gasteiger partial charge in [0.25, 0.3) is 0 Å². The molecule has 1 fully saturated rings. The zero-order chi connectivity index (χ0) is 11.5. The Balaban J connectivity index is 2.60. The van der Waals surface area contributed by atoms with E-state index in [0.29, 0.717) is 6.42 Å². The third kappa shape index (κ3) is 3.49. The van der Waals surface area contributed by atoms with Gasteiger partial charge in [0, 0.05) is 6.04 Å². The van der Waals surface area contributed by atoms with Crippen LogP contribution in [0, 0.1) is 11.3 Å². The number of carbonyl (C=O) groups excluding carboxylic acids is 1. The summed E-state index contributed by atoms with van der Waals surface area (Å²) in [6.07, 6.45) is 5.03. The normalized spacial score (nSPS) is 21.9. The number of ether oxygens (including phenoxy) is 1. The summed E-state index contributed by atoms with van der Waals surface area (Å²) in [4.78, 5) is 11.4. The molecule has 1 aliphatic carbocycles. The molecule has 15 heavy (non-hydrogen) atoms. The fourth-order valence-electron chi connectivity index (χ4n) is 2.23. The third-order valence-corrected chi connectivity index (χ3v) is 3.56. The molecule has 0 aromatic rings. The van der Waals surface area contributed by atoms with Crippen LogP contribution >= 0.6 is 0 Å². The first kappa shape index (κ1) is 12.5. The fourth-order valence-corrected chi connectivity index (χ4v) is 2.23. The number of hydrogen-bond donors (Lipinski definition) is 1. The van der Waals surface area contributed by atoms with Crippen molar-refractivity contribution < 1.29 is 9.53 Å². The average Bonchev–Trinajstić information content (AvgIpc) is 2.99. The van der Waals surface area contributed by atoms with Crippen molar-refractivity contribution in [1.82, 2.24) is 0 Å². The van der Waals surface area contributed by atoms with E-state index in [1.54, 1.807) is 0 Å². The Labute approximate surface area is 92.4 Å². The molecule has 2 atom stereocenters. The van der Waals surface area contributed by atoms with Crippen molar-refractivity contribution in [3.05, 3.63) is 0 Å². The van der Waals surface area contributed by atoms with Gasteiger partial charge >= 0.3 is 5.97 Å². The first-order valence-electron chi connectivity index (χ1n) is 5.84. The van der Waals surface area contributed by atoms with Crippen LogP contribution in [0.2, 0.25) is 0 Å². The Morgan fingerprint density at radius 3 is 2.60 bits per heavy atom. The van der Waals surface area contributed by atoms with Gasteiger partial charge in [-0.2, -0.15) is 0 Å². The molecule has 0 saturated heterocycles. The molecule has 0 aromatic heterocycles. The molecule has 3 heteroatoms. The van der Waals surface area contributed by atoms with Crippen LogP contribution in [-0.4, -0.2) is 19.1 Å². The number of rotatable bonds is 6. The zero-order valence-electron chi connectivity index (χ0n) is 10.1. The molecule has 0 spiro atoms. The molecule has 0 radical (unpaired) electrons. The Hall–Kier alpha value is -0.570. The minimum atomic E-state index is -0.137. The van der Waals surface area contributed by atoms with Gasteiger partial charge in [0.05, 0.1) is 13.5 Å². The second kappa shape index (κ2) is 4.97. The standard InChI is InChI=1S/C12H23NO2/c1-4-10(13)12(2,7-9-5-6-9)8-11(14)15-3/h9-10H,4-8,13H2,1-3H3. The smallest absolute Gasteiger partial charge is 0.306 e. The SMILES string of the molecule is CCC(N)C(C)(CC(=O)OC)CC1CC1. The quantitative estimate of drug-likeness (QED) is 0.687. The summed E-state index contributed by atoms with van der Waals surface area (Å²) in [5.41, 5.74) is 6.04. The molecule has 88 valence electrons. The lowest BCUT2D eigenvalue weighted by atomic mass is 9.74. The topological polar surface area (TPSA) is 52.3 Å². The molecular weight excluding hydrogens is 190 g/mol. The first-order chi connectivity index (χ1) is 7.01. The summed E-state index contributed by atoms with van der Waals surface area (Å²) in [6.45, 7) is 4.20. The summed E-state index contributed by atoms with van der Waals surface area (Å²) >= 11 is 0. The molecule has 0 bridgehead atoms. The highest BCUT2D eigenvalue weighted by molar-refractivity contribution is 5.70. The molecule has 2 unspecified atom stereocenters. The summed E-state index contributed by atoms with van der Waals surface area (Å²) in [7, 11) is 1.44. The summed E-state index contributed by atoms with van der Waals surface area (Å²) in [6, 6.07) is 0.0946. The predicted octanol–water partition coefficient (Wildman–Crippen LogP) is 2.09. The third-order valence-electron chi connectivity index (χ3n) is 3.56. The number of esters is 1. The highest BCUT2D eigenvalue weighted by Gasteiger charge is 2.38. The van der Waals surface area contributed by atoms with Crippen molar-refractivity contribution in [3.8, 4) is 0 Å². The molecule has 1 saturated carbocycles. The molecule has 0 amide bonds. The Bertz CT molecular complexity index is 226. The van der Waals surface area contributed by atoms with E-state index in [2.05, 4.69) is 13.8 Å². The van der Waals surface area contributed by atoms with Crippen molar-refractivity contribution in [2.24, 2.45) is 17.1 Å². The van der Waals surface area contributed by atoms with Crippen LogP contribution in [0.1, 0.15) is 46.0 Å². The zero-order valence-corrected chi connectivity index (χ0v) is 10.1. The number of methoxy groups -OCH3 is 1. The van der Waals surface area contributed by atoms with Crippen molar-refractivity contribution >= 4 is 5.97 Å². The Morgan fingerprint density at radius 2 is 2.20 bits per heavy atom. The molecule has 0 heterocycles. The van der Waals surface area contributed by atoms with E-state index < -0.39 is 0 Å². The minimum absolute atomic E-state index is 0.0803. The lowest BCUT2D eigenvalue weighted by Crippen LogP contribution is -2.41. The second-order valence-corrected chi connectivity index (χ2v) is 5.07. The van der Waals surface area contributed by atoms with Gasteiger partial charge in [-0.15, -0.1) is 0 Å². The predicted molar refractivity (Wildman–Crippen MR) is 60.3 cm³/mol. The second-order valence-electron chi connectivity index (χ2n) is 5.07. The van der Waals surface area contributed by atoms with E-state index in [-0.39, 0.29) is 17.4 Å². The van der Waals surface area contributed by atoms with Crippen molar-refractivity contribution in [2.75, 3.05) is 7.11 Å². The summed E-state index contributed by atoms with van der Waals surface area (Å²) < 4.78 is 4.75. The molecule has 0 aromatic carbocycles. The maximum atomic E-state index is 11.4. The van der Waals surface area contributed by atoms with Gasteiger partial charge in [-0.05, 0) is 24.2 Å². The molecule has 2 N–H and O–H groups in total. The van der Waals surface area contributed by atoms with Gasteiger partial charge in [-0.1, -0.05) is 26.7 Å². The molecule has 1 aliphatic rings. The van der Waals surface area contributed by atoms with E-state index in [9.17, 15) is 4.79 Å². The first-order valence-corrected chi connectivity index (χ1v) is 5.84. The van der Waals surface area contributed by atoms with Crippen LogP contribution in [0.25, 0.3) is 0 Å². The molecular formula is C12H23NO2. The van der Waals surface area contributed by atoms with Crippen molar-refractivity contribution in [3.63, 3.8) is 0 Å². The van der Waals surface area contributed by atoms with Crippen molar-refractivity contribution in [1.29, 1.82) is 0 Å². The lowest BCUT2D eigenvalue weighted by molar-refractivity contribution is -0.143. The molecule has 0 aliphatic heterocycles. The Morgan fingerprint density at radius 1 is 1.60 bits per heavy atom. The molecule has 3 nitrogen and oxygen atoms in total. The number of hydrogen-bond acceptors (Lipinski definition) is 3. The maximum Gasteiger partial charge on any atom is 0.306 e. The van der Waals surface area contributed by atoms with Gasteiger partial charge in [-0.3, -0.25) is 4.79 Å². The van der Waals surface area contributed by atoms with Gasteiger partial charge in [0.1, 0.15) is 0 Å². The van der Waals surface area contributed by atoms with Crippen LogP contribution < -0.4 is 5.73 Å². The van der Waals surface area contributed by atoms with Gasteiger partial charge < -0.3 is 10.5 Å².